The number of carbonyl (C=O) groups is 3. The molecule has 0 N–H and O–H groups in total. The highest BCUT2D eigenvalue weighted by Gasteiger charge is 2.54. The summed E-state index contributed by atoms with van der Waals surface area (Å²) in [7, 11) is 0. The van der Waals surface area contributed by atoms with Crippen LogP contribution in [0.15, 0.2) is 72.8 Å². The highest BCUT2D eigenvalue weighted by molar-refractivity contribution is 7.80. The number of ketones is 2. The van der Waals surface area contributed by atoms with Crippen LogP contribution in [0, 0.1) is 31.7 Å². The van der Waals surface area contributed by atoms with Gasteiger partial charge in [0.2, 0.25) is 5.60 Å². The Labute approximate surface area is 346 Å². The van der Waals surface area contributed by atoms with E-state index < -0.39 is 93.7 Å². The van der Waals surface area contributed by atoms with E-state index in [0.717, 1.165) is 36.4 Å². The second kappa shape index (κ2) is 16.9. The zero-order chi connectivity index (χ0) is 44.5. The summed E-state index contributed by atoms with van der Waals surface area (Å²) >= 11 is 10.7. The molecule has 2 aliphatic heterocycles. The Balaban J connectivity index is 0.000000228. The van der Waals surface area contributed by atoms with E-state index in [-0.39, 0.29) is 39.3 Å². The van der Waals surface area contributed by atoms with E-state index in [2.05, 4.69) is 9.69 Å². The predicted molar refractivity (Wildman–Crippen MR) is 201 cm³/mol. The van der Waals surface area contributed by atoms with E-state index in [0.29, 0.717) is 11.6 Å². The molecule has 4 aromatic carbocycles. The molecule has 2 heterocycles. The monoisotopic (exact) mass is 878 g/mol. The normalized spacial score (nSPS) is 21.3. The number of rotatable bonds is 8. The van der Waals surface area contributed by atoms with E-state index >= 15 is 0 Å². The van der Waals surface area contributed by atoms with Crippen molar-refractivity contribution in [1.82, 2.24) is 0 Å². The molecule has 0 saturated carbocycles. The lowest BCUT2D eigenvalue weighted by atomic mass is 9.88. The largest absolute Gasteiger partial charge is 0.489 e. The Bertz CT molecular complexity index is 2330. The molecule has 19 heteroatoms. The number of esters is 1. The summed E-state index contributed by atoms with van der Waals surface area (Å²) in [6.45, 7) is 17.2. The molecule has 4 atom stereocenters. The van der Waals surface area contributed by atoms with Crippen LogP contribution in [0.3, 0.4) is 0 Å². The highest BCUT2D eigenvalue weighted by Crippen LogP contribution is 2.43. The first-order chi connectivity index (χ1) is 27.9. The van der Waals surface area contributed by atoms with Gasteiger partial charge < -0.3 is 18.9 Å². The molecule has 0 bridgehead atoms. The summed E-state index contributed by atoms with van der Waals surface area (Å²) in [5.41, 5.74) is -6.85. The fourth-order valence-corrected chi connectivity index (χ4v) is 6.60. The molecular weight excluding hydrogens is 852 g/mol. The number of hydrogen-bond donors (Lipinski definition) is 0. The third-order valence-corrected chi connectivity index (χ3v) is 9.94. The number of thiocarbonyl (C=S) groups is 1. The Kier molecular flexibility index (Phi) is 12.6. The second-order valence-electron chi connectivity index (χ2n) is 13.7. The summed E-state index contributed by atoms with van der Waals surface area (Å²) in [6, 6.07) is 13.3. The van der Waals surface area contributed by atoms with Gasteiger partial charge in [0.1, 0.15) is 48.2 Å². The number of aryl methyl sites for hydroxylation is 1. The highest BCUT2D eigenvalue weighted by atomic mass is 35.5. The van der Waals surface area contributed by atoms with E-state index in [1.165, 1.54) is 44.2 Å². The molecule has 9 nitrogen and oxygen atoms in total. The summed E-state index contributed by atoms with van der Waals surface area (Å²) in [4.78, 5) is 43.8. The van der Waals surface area contributed by atoms with Crippen LogP contribution in [0.4, 0.5) is 46.5 Å². The fourth-order valence-electron chi connectivity index (χ4n) is 6.05. The average molecular weight is 879 g/mol. The Hall–Kier alpha value is -6.11. The van der Waals surface area contributed by atoms with Crippen molar-refractivity contribution in [3.8, 4) is 11.5 Å². The van der Waals surface area contributed by atoms with Gasteiger partial charge in [-0.25, -0.2) is 18.5 Å². The number of cyclic esters (lactones) is 1. The van der Waals surface area contributed by atoms with Crippen LogP contribution in [0.25, 0.3) is 9.69 Å². The second-order valence-corrected chi connectivity index (χ2v) is 14.5. The SMILES string of the molecule is [C-]#[N+]c1ccc(C2C(=O)C(C)(COc3ccc(Cl)c(F)c3)OC2=S)cc1C(F)(F)F.[C-]#[N+]c1ccc(C2C(=O)OC(C)(COc3ccc(C)c(F)c3)C2=O)cc1C(F)(F)F. The predicted octanol–water partition coefficient (Wildman–Crippen LogP) is 10.6. The molecular formula is C41H27ClF8N2O7S. The molecule has 2 aliphatic rings. The molecule has 60 heavy (non-hydrogen) atoms. The Morgan fingerprint density at radius 1 is 0.700 bits per heavy atom. The van der Waals surface area contributed by atoms with Gasteiger partial charge in [0, 0.05) is 12.1 Å². The van der Waals surface area contributed by atoms with Crippen molar-refractivity contribution in [1.29, 1.82) is 0 Å². The maximum absolute atomic E-state index is 13.6. The van der Waals surface area contributed by atoms with Gasteiger partial charge in [-0.2, -0.15) is 26.3 Å². The Morgan fingerprint density at radius 3 is 1.62 bits per heavy atom. The molecule has 4 unspecified atom stereocenters. The van der Waals surface area contributed by atoms with E-state index in [1.54, 1.807) is 6.92 Å². The number of benzene rings is 4. The lowest BCUT2D eigenvalue weighted by molar-refractivity contribution is -0.153. The minimum absolute atomic E-state index is 0.0361. The molecule has 2 fully saturated rings. The van der Waals surface area contributed by atoms with Gasteiger partial charge in [-0.1, -0.05) is 54.1 Å². The van der Waals surface area contributed by atoms with Crippen molar-refractivity contribution in [2.45, 2.75) is 56.2 Å². The zero-order valence-electron chi connectivity index (χ0n) is 31.1. The lowest BCUT2D eigenvalue weighted by Crippen LogP contribution is -2.40. The maximum atomic E-state index is 13.6. The van der Waals surface area contributed by atoms with Crippen LogP contribution in [0.5, 0.6) is 11.5 Å². The van der Waals surface area contributed by atoms with E-state index in [4.69, 9.17) is 55.9 Å². The van der Waals surface area contributed by atoms with Gasteiger partial charge in [-0.15, -0.1) is 0 Å². The quantitative estimate of drug-likeness (QED) is 0.0568. The number of hydrogen-bond acceptors (Lipinski definition) is 8. The van der Waals surface area contributed by atoms with Crippen LogP contribution >= 0.6 is 23.8 Å². The van der Waals surface area contributed by atoms with Gasteiger partial charge in [0.05, 0.1) is 29.3 Å². The van der Waals surface area contributed by atoms with Crippen LogP contribution in [0.1, 0.15) is 53.5 Å². The van der Waals surface area contributed by atoms with Crippen molar-refractivity contribution >= 4 is 57.8 Å². The Morgan fingerprint density at radius 2 is 1.15 bits per heavy atom. The van der Waals surface area contributed by atoms with Crippen LogP contribution < -0.4 is 9.47 Å². The smallest absolute Gasteiger partial charge is 0.407 e. The van der Waals surface area contributed by atoms with Gasteiger partial charge in [0.25, 0.3) is 0 Å². The first kappa shape index (κ1) is 45.0. The minimum atomic E-state index is -4.83. The van der Waals surface area contributed by atoms with E-state index in [1.807, 2.05) is 0 Å². The molecule has 0 aromatic heterocycles. The molecule has 4 aromatic rings. The minimum Gasteiger partial charge on any atom is -0.489 e. The number of carbonyl (C=O) groups excluding carboxylic acids is 3. The van der Waals surface area contributed by atoms with Crippen molar-refractivity contribution < 1.29 is 68.5 Å². The maximum Gasteiger partial charge on any atom is 0.407 e. The number of nitrogens with zero attached hydrogens (tertiary/aromatic N) is 2. The lowest BCUT2D eigenvalue weighted by Gasteiger charge is -2.22. The standard InChI is InChI=1S/C21H15F4NO4.C20H12ClF4NO3S/c1-11-4-6-13(9-15(11)22)29-10-20(2)18(27)17(19(28)30-20)12-5-7-16(26-3)14(8-12)21(23,24)25;1-19(9-28-11-4-5-13(21)14(22)8-11)17(27)16(18(30)29-19)10-3-6-15(26-2)12(7-10)20(23,24)25/h4-9,17H,10H2,1-2H3;3-8,16H,9H2,1H3. The van der Waals surface area contributed by atoms with Crippen molar-refractivity contribution in [3.63, 3.8) is 0 Å². The van der Waals surface area contributed by atoms with E-state index in [9.17, 15) is 49.5 Å². The number of Topliss-reactive ketones (excluding diaryl/α,β-unsaturated/α-hetero) is 2. The molecule has 2 saturated heterocycles. The van der Waals surface area contributed by atoms with Crippen molar-refractivity contribution in [3.05, 3.63) is 140 Å². The molecule has 6 rings (SSSR count). The van der Waals surface area contributed by atoms with Crippen LogP contribution in [-0.2, 0) is 36.2 Å². The molecule has 0 amide bonds. The third kappa shape index (κ3) is 9.35. The summed E-state index contributed by atoms with van der Waals surface area (Å²) in [5, 5.41) is -0.316. The first-order valence-electron chi connectivity index (χ1n) is 17.1. The van der Waals surface area contributed by atoms with Gasteiger partial charge in [0.15, 0.2) is 33.6 Å². The fraction of sp³-hybridized carbons (Fsp3) is 0.268. The molecule has 0 aliphatic carbocycles. The molecule has 0 radical (unpaired) electrons. The van der Waals surface area contributed by atoms with Crippen LogP contribution in [0.2, 0.25) is 5.02 Å². The zero-order valence-corrected chi connectivity index (χ0v) is 32.6. The number of ether oxygens (including phenoxy) is 4. The topological polar surface area (TPSA) is 96.8 Å². The summed E-state index contributed by atoms with van der Waals surface area (Å²) in [6.07, 6.45) is -9.60. The van der Waals surface area contributed by atoms with Crippen LogP contribution in [-0.4, -0.2) is 47.0 Å². The number of alkyl halides is 6. The van der Waals surface area contributed by atoms with Crippen molar-refractivity contribution in [2.75, 3.05) is 13.2 Å². The van der Waals surface area contributed by atoms with Gasteiger partial charge in [-0.05, 0) is 67.9 Å². The molecule has 0 spiro atoms. The van der Waals surface area contributed by atoms with Crippen molar-refractivity contribution in [2.24, 2.45) is 0 Å². The third-order valence-electron chi connectivity index (χ3n) is 9.31. The summed E-state index contributed by atoms with van der Waals surface area (Å²) < 4.78 is 128. The number of halogens is 9. The van der Waals surface area contributed by atoms with Gasteiger partial charge >= 0.3 is 18.3 Å². The average Bonchev–Trinajstić information content (AvgIpc) is 3.55. The molecule has 312 valence electrons. The van der Waals surface area contributed by atoms with Gasteiger partial charge in [-0.3, -0.25) is 14.4 Å². The first-order valence-corrected chi connectivity index (χ1v) is 17.9. The summed E-state index contributed by atoms with van der Waals surface area (Å²) in [5.74, 6) is -6.29.